The van der Waals surface area contributed by atoms with Crippen LogP contribution in [0.25, 0.3) is 0 Å². The molecule has 0 saturated carbocycles. The molecule has 3 N–H and O–H groups in total. The van der Waals surface area contributed by atoms with Crippen molar-refractivity contribution in [3.63, 3.8) is 0 Å². The summed E-state index contributed by atoms with van der Waals surface area (Å²) in [6, 6.07) is 0. The SMILES string of the molecule is CC(C)CC(C)(CN)NS(=O)(=O)CC1CCCCO1.Cl. The zero-order valence-corrected chi connectivity index (χ0v) is 14.4. The van der Waals surface area contributed by atoms with Gasteiger partial charge in [0.05, 0.1) is 11.9 Å². The van der Waals surface area contributed by atoms with Crippen LogP contribution in [0.4, 0.5) is 0 Å². The predicted molar refractivity (Wildman–Crippen MR) is 84.7 cm³/mol. The van der Waals surface area contributed by atoms with E-state index in [4.69, 9.17) is 10.5 Å². The van der Waals surface area contributed by atoms with Crippen LogP contribution in [-0.2, 0) is 14.8 Å². The lowest BCUT2D eigenvalue weighted by atomic mass is 9.92. The fourth-order valence-corrected chi connectivity index (χ4v) is 4.42. The van der Waals surface area contributed by atoms with E-state index in [0.29, 0.717) is 19.1 Å². The summed E-state index contributed by atoms with van der Waals surface area (Å²) in [6.45, 7) is 6.96. The van der Waals surface area contributed by atoms with Crippen molar-refractivity contribution in [2.75, 3.05) is 18.9 Å². The van der Waals surface area contributed by atoms with Crippen LogP contribution in [0.3, 0.4) is 0 Å². The first-order valence-electron chi connectivity index (χ1n) is 7.10. The summed E-state index contributed by atoms with van der Waals surface area (Å²) in [5, 5.41) is 0. The smallest absolute Gasteiger partial charge is 0.214 e. The molecule has 5 nitrogen and oxygen atoms in total. The van der Waals surface area contributed by atoms with E-state index in [9.17, 15) is 8.42 Å². The topological polar surface area (TPSA) is 81.4 Å². The van der Waals surface area contributed by atoms with E-state index in [1.54, 1.807) is 0 Å². The Balaban J connectivity index is 0.00000361. The van der Waals surface area contributed by atoms with Crippen LogP contribution in [0.5, 0.6) is 0 Å². The molecule has 0 spiro atoms. The highest BCUT2D eigenvalue weighted by Gasteiger charge is 2.31. The number of halogens is 1. The molecule has 0 aromatic heterocycles. The minimum Gasteiger partial charge on any atom is -0.377 e. The highest BCUT2D eigenvalue weighted by Crippen LogP contribution is 2.19. The van der Waals surface area contributed by atoms with Gasteiger partial charge in [-0.25, -0.2) is 13.1 Å². The van der Waals surface area contributed by atoms with Crippen molar-refractivity contribution >= 4 is 22.4 Å². The molecule has 122 valence electrons. The molecule has 1 saturated heterocycles. The summed E-state index contributed by atoms with van der Waals surface area (Å²) in [5.74, 6) is 0.433. The van der Waals surface area contributed by atoms with Crippen LogP contribution in [-0.4, -0.2) is 39.0 Å². The van der Waals surface area contributed by atoms with Gasteiger partial charge < -0.3 is 10.5 Å². The Kier molecular flexibility index (Phi) is 8.59. The molecule has 0 aromatic carbocycles. The average molecular weight is 329 g/mol. The van der Waals surface area contributed by atoms with Crippen LogP contribution in [0.2, 0.25) is 0 Å². The van der Waals surface area contributed by atoms with Crippen LogP contribution < -0.4 is 10.5 Å². The Morgan fingerprint density at radius 1 is 1.40 bits per heavy atom. The summed E-state index contributed by atoms with van der Waals surface area (Å²) in [7, 11) is -3.35. The lowest BCUT2D eigenvalue weighted by Crippen LogP contribution is -2.53. The molecule has 2 atom stereocenters. The molecule has 1 aliphatic heterocycles. The van der Waals surface area contributed by atoms with Crippen molar-refractivity contribution in [2.45, 2.75) is 58.1 Å². The number of hydrogen-bond donors (Lipinski definition) is 2. The largest absolute Gasteiger partial charge is 0.377 e. The fourth-order valence-electron chi connectivity index (χ4n) is 2.67. The number of sulfonamides is 1. The summed E-state index contributed by atoms with van der Waals surface area (Å²) >= 11 is 0. The lowest BCUT2D eigenvalue weighted by Gasteiger charge is -2.32. The Bertz CT molecular complexity index is 370. The molecular weight excluding hydrogens is 300 g/mol. The van der Waals surface area contributed by atoms with Crippen LogP contribution in [0.1, 0.15) is 46.5 Å². The highest BCUT2D eigenvalue weighted by molar-refractivity contribution is 7.89. The fraction of sp³-hybridized carbons (Fsp3) is 1.00. The zero-order valence-electron chi connectivity index (χ0n) is 12.7. The first kappa shape index (κ1) is 20.1. The molecule has 7 heteroatoms. The second-order valence-corrected chi connectivity index (χ2v) is 8.00. The van der Waals surface area contributed by atoms with Gasteiger partial charge in [0.1, 0.15) is 0 Å². The van der Waals surface area contributed by atoms with E-state index in [1.165, 1.54) is 0 Å². The maximum absolute atomic E-state index is 12.2. The number of nitrogens with two attached hydrogens (primary N) is 1. The van der Waals surface area contributed by atoms with Gasteiger partial charge in [0.25, 0.3) is 0 Å². The van der Waals surface area contributed by atoms with E-state index >= 15 is 0 Å². The van der Waals surface area contributed by atoms with Gasteiger partial charge in [-0.2, -0.15) is 0 Å². The molecule has 20 heavy (non-hydrogen) atoms. The van der Waals surface area contributed by atoms with Gasteiger partial charge in [0.2, 0.25) is 10.0 Å². The molecule has 1 heterocycles. The summed E-state index contributed by atoms with van der Waals surface area (Å²) < 4.78 is 32.7. The van der Waals surface area contributed by atoms with Crippen molar-refractivity contribution in [3.8, 4) is 0 Å². The van der Waals surface area contributed by atoms with Crippen molar-refractivity contribution in [1.29, 1.82) is 0 Å². The first-order valence-corrected chi connectivity index (χ1v) is 8.75. The number of rotatable bonds is 7. The Morgan fingerprint density at radius 3 is 2.50 bits per heavy atom. The van der Waals surface area contributed by atoms with E-state index in [-0.39, 0.29) is 24.3 Å². The summed E-state index contributed by atoms with van der Waals surface area (Å²) in [5.41, 5.74) is 5.17. The lowest BCUT2D eigenvalue weighted by molar-refractivity contribution is 0.0303. The average Bonchev–Trinajstić information content (AvgIpc) is 2.27. The molecule has 1 aliphatic rings. The minimum absolute atomic E-state index is 0. The van der Waals surface area contributed by atoms with Gasteiger partial charge in [-0.1, -0.05) is 13.8 Å². The molecule has 0 amide bonds. The molecule has 2 unspecified atom stereocenters. The second-order valence-electron chi connectivity index (χ2n) is 6.23. The molecule has 0 bridgehead atoms. The van der Waals surface area contributed by atoms with E-state index in [1.807, 2.05) is 6.92 Å². The summed E-state index contributed by atoms with van der Waals surface area (Å²) in [4.78, 5) is 0. The van der Waals surface area contributed by atoms with Gasteiger partial charge in [-0.15, -0.1) is 12.4 Å². The molecule has 0 radical (unpaired) electrons. The Morgan fingerprint density at radius 2 is 2.05 bits per heavy atom. The van der Waals surface area contributed by atoms with E-state index in [0.717, 1.165) is 25.7 Å². The van der Waals surface area contributed by atoms with Crippen LogP contribution in [0.15, 0.2) is 0 Å². The minimum atomic E-state index is -3.35. The normalized spacial score (nSPS) is 23.1. The predicted octanol–water partition coefficient (Wildman–Crippen LogP) is 1.66. The van der Waals surface area contributed by atoms with Crippen molar-refractivity contribution in [2.24, 2.45) is 11.7 Å². The highest BCUT2D eigenvalue weighted by atomic mass is 35.5. The van der Waals surface area contributed by atoms with Gasteiger partial charge in [-0.3, -0.25) is 0 Å². The van der Waals surface area contributed by atoms with Crippen molar-refractivity contribution < 1.29 is 13.2 Å². The van der Waals surface area contributed by atoms with Gasteiger partial charge in [-0.05, 0) is 38.5 Å². The molecule has 0 aromatic rings. The van der Waals surface area contributed by atoms with Crippen molar-refractivity contribution in [1.82, 2.24) is 4.72 Å². The molecular formula is C13H29ClN2O3S. The number of nitrogens with one attached hydrogen (secondary N) is 1. The second kappa shape index (κ2) is 8.54. The van der Waals surface area contributed by atoms with E-state index in [2.05, 4.69) is 18.6 Å². The third kappa shape index (κ3) is 7.22. The van der Waals surface area contributed by atoms with Crippen molar-refractivity contribution in [3.05, 3.63) is 0 Å². The van der Waals surface area contributed by atoms with Gasteiger partial charge >= 0.3 is 0 Å². The van der Waals surface area contributed by atoms with Crippen LogP contribution in [0, 0.1) is 5.92 Å². The third-order valence-electron chi connectivity index (χ3n) is 3.39. The molecule has 1 fully saturated rings. The van der Waals surface area contributed by atoms with Crippen LogP contribution >= 0.6 is 12.4 Å². The molecule has 1 rings (SSSR count). The number of ether oxygens (including phenoxy) is 1. The molecule has 0 aliphatic carbocycles. The standard InChI is InChI=1S/C13H28N2O3S.ClH/c1-11(2)8-13(3,10-14)15-19(16,17)9-12-6-4-5-7-18-12;/h11-12,15H,4-10,14H2,1-3H3;1H. The van der Waals surface area contributed by atoms with Gasteiger partial charge in [0, 0.05) is 18.7 Å². The third-order valence-corrected chi connectivity index (χ3v) is 5.00. The maximum atomic E-state index is 12.2. The first-order chi connectivity index (χ1) is 8.76. The Hall–Kier alpha value is 0.120. The maximum Gasteiger partial charge on any atom is 0.214 e. The summed E-state index contributed by atoms with van der Waals surface area (Å²) in [6.07, 6.45) is 3.45. The van der Waals surface area contributed by atoms with E-state index < -0.39 is 15.6 Å². The number of hydrogen-bond acceptors (Lipinski definition) is 4. The zero-order chi connectivity index (χ0) is 14.5. The Labute approximate surface area is 129 Å². The quantitative estimate of drug-likeness (QED) is 0.744. The monoisotopic (exact) mass is 328 g/mol. The van der Waals surface area contributed by atoms with Gasteiger partial charge in [0.15, 0.2) is 0 Å².